The van der Waals surface area contributed by atoms with Gasteiger partial charge < -0.3 is 15.1 Å². The minimum atomic E-state index is -5.02. The smallest absolute Gasteiger partial charge is 0.360 e. The monoisotopic (exact) mass is 434 g/mol. The van der Waals surface area contributed by atoms with Crippen LogP contribution < -0.4 is 5.32 Å². The second-order valence-electron chi connectivity index (χ2n) is 6.41. The Labute approximate surface area is 167 Å². The number of carbonyl (C=O) groups excluding carboxylic acids is 2. The van der Waals surface area contributed by atoms with E-state index in [0.29, 0.717) is 12.1 Å². The molecule has 1 fully saturated rings. The van der Waals surface area contributed by atoms with Crippen molar-refractivity contribution >= 4 is 17.5 Å². The van der Waals surface area contributed by atoms with Crippen molar-refractivity contribution in [1.82, 2.24) is 9.80 Å². The van der Waals surface area contributed by atoms with E-state index >= 15 is 0 Å². The number of amides is 2. The Morgan fingerprint density at radius 2 is 1.43 bits per heavy atom. The highest BCUT2D eigenvalue weighted by molar-refractivity contribution is 5.97. The van der Waals surface area contributed by atoms with E-state index in [9.17, 15) is 41.2 Å². The molecule has 6 nitrogen and oxygen atoms in total. The van der Waals surface area contributed by atoms with Gasteiger partial charge in [0, 0.05) is 45.0 Å². The largest absolute Gasteiger partial charge is 0.416 e. The van der Waals surface area contributed by atoms with E-state index < -0.39 is 40.6 Å². The van der Waals surface area contributed by atoms with Gasteiger partial charge in [0.15, 0.2) is 0 Å². The first-order valence-electron chi connectivity index (χ1n) is 8.54. The number of carbonyl (C=O) groups is 2. The molecule has 1 heterocycles. The molecule has 162 valence electrons. The van der Waals surface area contributed by atoms with E-state index in [0.717, 1.165) is 6.20 Å². The fraction of sp³-hybridized carbons (Fsp3) is 0.389. The van der Waals surface area contributed by atoms with Gasteiger partial charge in [0.25, 0.3) is 5.91 Å². The maximum Gasteiger partial charge on any atom is 0.416 e. The number of anilines is 1. The molecular formula is C18H16F6N4O2. The number of halogens is 6. The quantitative estimate of drug-likeness (QED) is 0.450. The van der Waals surface area contributed by atoms with E-state index in [-0.39, 0.29) is 38.2 Å². The van der Waals surface area contributed by atoms with Crippen LogP contribution in [-0.4, -0.2) is 47.8 Å². The fourth-order valence-corrected chi connectivity index (χ4v) is 2.73. The van der Waals surface area contributed by atoms with Crippen molar-refractivity contribution in [2.24, 2.45) is 0 Å². The summed E-state index contributed by atoms with van der Waals surface area (Å²) in [5, 5.41) is 11.4. The summed E-state index contributed by atoms with van der Waals surface area (Å²) in [4.78, 5) is 26.5. The molecular weight excluding hydrogens is 418 g/mol. The standard InChI is InChI=1S/C18H16F6N4O2/c1-11(29)27-2-4-28(5-3-27)16(30)12(9-25)10-26-15-7-13(17(19,20)21)6-14(8-15)18(22,23)24/h6-8,10,26H,2-5H2,1H3/b12-10-. The number of rotatable bonds is 3. The second kappa shape index (κ2) is 8.64. The van der Waals surface area contributed by atoms with E-state index in [4.69, 9.17) is 0 Å². The van der Waals surface area contributed by atoms with E-state index in [1.807, 2.05) is 0 Å². The Morgan fingerprint density at radius 3 is 1.83 bits per heavy atom. The molecule has 2 amide bonds. The molecule has 2 rings (SSSR count). The molecule has 1 N–H and O–H groups in total. The first-order chi connectivity index (χ1) is 13.8. The minimum Gasteiger partial charge on any atom is -0.360 e. The van der Waals surface area contributed by atoms with Crippen LogP contribution in [0.5, 0.6) is 0 Å². The van der Waals surface area contributed by atoms with Gasteiger partial charge in [-0.15, -0.1) is 0 Å². The summed E-state index contributed by atoms with van der Waals surface area (Å²) >= 11 is 0. The lowest BCUT2D eigenvalue weighted by atomic mass is 10.1. The highest BCUT2D eigenvalue weighted by Gasteiger charge is 2.37. The number of hydrogen-bond donors (Lipinski definition) is 1. The minimum absolute atomic E-state index is 0.0280. The van der Waals surface area contributed by atoms with Crippen molar-refractivity contribution in [3.8, 4) is 6.07 Å². The fourth-order valence-electron chi connectivity index (χ4n) is 2.73. The summed E-state index contributed by atoms with van der Waals surface area (Å²) in [7, 11) is 0. The van der Waals surface area contributed by atoms with Crippen LogP contribution in [0, 0.1) is 11.3 Å². The molecule has 0 spiro atoms. The predicted molar refractivity (Wildman–Crippen MR) is 92.6 cm³/mol. The zero-order chi connectivity index (χ0) is 22.7. The van der Waals surface area contributed by atoms with Crippen LogP contribution in [0.1, 0.15) is 18.1 Å². The predicted octanol–water partition coefficient (Wildman–Crippen LogP) is 3.23. The number of nitriles is 1. The molecule has 0 unspecified atom stereocenters. The van der Waals surface area contributed by atoms with Gasteiger partial charge in [-0.25, -0.2) is 0 Å². The molecule has 12 heteroatoms. The third kappa shape index (κ3) is 5.65. The third-order valence-electron chi connectivity index (χ3n) is 4.33. The van der Waals surface area contributed by atoms with Crippen molar-refractivity contribution in [2.75, 3.05) is 31.5 Å². The lowest BCUT2D eigenvalue weighted by Gasteiger charge is -2.34. The van der Waals surface area contributed by atoms with E-state index in [1.54, 1.807) is 6.07 Å². The molecule has 0 radical (unpaired) electrons. The van der Waals surface area contributed by atoms with Crippen LogP contribution >= 0.6 is 0 Å². The normalized spacial score (nSPS) is 15.6. The van der Waals surface area contributed by atoms with Crippen LogP contribution in [0.15, 0.2) is 30.0 Å². The molecule has 30 heavy (non-hydrogen) atoms. The van der Waals surface area contributed by atoms with Crippen molar-refractivity contribution in [3.05, 3.63) is 41.1 Å². The van der Waals surface area contributed by atoms with Gasteiger partial charge in [0.2, 0.25) is 5.91 Å². The molecule has 0 aliphatic carbocycles. The number of piperazine rings is 1. The van der Waals surface area contributed by atoms with Gasteiger partial charge in [-0.3, -0.25) is 9.59 Å². The lowest BCUT2D eigenvalue weighted by molar-refractivity contribution is -0.143. The number of hydrogen-bond acceptors (Lipinski definition) is 4. The maximum absolute atomic E-state index is 12.9. The van der Waals surface area contributed by atoms with Crippen LogP contribution in [0.2, 0.25) is 0 Å². The summed E-state index contributed by atoms with van der Waals surface area (Å²) < 4.78 is 77.5. The van der Waals surface area contributed by atoms with Crippen LogP contribution in [0.25, 0.3) is 0 Å². The SMILES string of the molecule is CC(=O)N1CCN(C(=O)/C(C#N)=C\Nc2cc(C(F)(F)F)cc(C(F)(F)F)c2)CC1. The molecule has 0 aromatic heterocycles. The molecule has 0 bridgehead atoms. The summed E-state index contributed by atoms with van der Waals surface area (Å²) in [5.74, 6) is -0.930. The summed E-state index contributed by atoms with van der Waals surface area (Å²) in [5.41, 5.74) is -4.15. The number of alkyl halides is 6. The first kappa shape index (κ1) is 23.1. The second-order valence-corrected chi connectivity index (χ2v) is 6.41. The first-order valence-corrected chi connectivity index (χ1v) is 8.54. The molecule has 1 aliphatic rings. The Hall–Kier alpha value is -3.23. The van der Waals surface area contributed by atoms with Crippen LogP contribution in [-0.2, 0) is 21.9 Å². The highest BCUT2D eigenvalue weighted by Crippen LogP contribution is 2.37. The molecule has 1 aromatic carbocycles. The Bertz CT molecular complexity index is 861. The summed E-state index contributed by atoms with van der Waals surface area (Å²) in [6.07, 6.45) is -9.29. The van der Waals surface area contributed by atoms with Gasteiger partial charge in [0.1, 0.15) is 11.6 Å². The Balaban J connectivity index is 2.23. The third-order valence-corrected chi connectivity index (χ3v) is 4.33. The van der Waals surface area contributed by atoms with Crippen molar-refractivity contribution < 1.29 is 35.9 Å². The topological polar surface area (TPSA) is 76.4 Å². The van der Waals surface area contributed by atoms with Gasteiger partial charge in [-0.1, -0.05) is 0 Å². The molecule has 1 saturated heterocycles. The average Bonchev–Trinajstić information content (AvgIpc) is 2.66. The number of benzene rings is 1. The van der Waals surface area contributed by atoms with Crippen molar-refractivity contribution in [3.63, 3.8) is 0 Å². The van der Waals surface area contributed by atoms with Crippen molar-refractivity contribution in [2.45, 2.75) is 19.3 Å². The van der Waals surface area contributed by atoms with Gasteiger partial charge >= 0.3 is 12.4 Å². The van der Waals surface area contributed by atoms with E-state index in [2.05, 4.69) is 5.32 Å². The number of nitrogens with zero attached hydrogens (tertiary/aromatic N) is 3. The van der Waals surface area contributed by atoms with Crippen LogP contribution in [0.4, 0.5) is 32.0 Å². The zero-order valence-corrected chi connectivity index (χ0v) is 15.6. The zero-order valence-electron chi connectivity index (χ0n) is 15.6. The average molecular weight is 434 g/mol. The Kier molecular flexibility index (Phi) is 6.64. The highest BCUT2D eigenvalue weighted by atomic mass is 19.4. The maximum atomic E-state index is 12.9. The van der Waals surface area contributed by atoms with Gasteiger partial charge in [0.05, 0.1) is 11.1 Å². The van der Waals surface area contributed by atoms with Gasteiger partial charge in [-0.2, -0.15) is 31.6 Å². The Morgan fingerprint density at radius 1 is 0.967 bits per heavy atom. The van der Waals surface area contributed by atoms with Gasteiger partial charge in [-0.05, 0) is 18.2 Å². The van der Waals surface area contributed by atoms with Crippen molar-refractivity contribution in [1.29, 1.82) is 5.26 Å². The molecule has 0 saturated carbocycles. The molecule has 1 aromatic rings. The van der Waals surface area contributed by atoms with E-state index in [1.165, 1.54) is 16.7 Å². The molecule has 0 atom stereocenters. The lowest BCUT2D eigenvalue weighted by Crippen LogP contribution is -2.50. The summed E-state index contributed by atoms with van der Waals surface area (Å²) in [6, 6.07) is 2.43. The summed E-state index contributed by atoms with van der Waals surface area (Å²) in [6.45, 7) is 2.14. The number of nitrogens with one attached hydrogen (secondary N) is 1. The molecule has 1 aliphatic heterocycles. The van der Waals surface area contributed by atoms with Crippen LogP contribution in [0.3, 0.4) is 0 Å².